The third kappa shape index (κ3) is 2.71. The second-order valence-electron chi connectivity index (χ2n) is 5.04. The van der Waals surface area contributed by atoms with Gasteiger partial charge in [-0.1, -0.05) is 6.07 Å². The summed E-state index contributed by atoms with van der Waals surface area (Å²) in [6.07, 6.45) is 2.22. The van der Waals surface area contributed by atoms with Gasteiger partial charge in [-0.25, -0.2) is 12.9 Å². The van der Waals surface area contributed by atoms with Gasteiger partial charge < -0.3 is 10.5 Å². The number of aromatic nitrogens is 2. The van der Waals surface area contributed by atoms with Crippen LogP contribution in [0.25, 0.3) is 5.52 Å². The smallest absolute Gasteiger partial charge is 0.256 e. The van der Waals surface area contributed by atoms with Crippen molar-refractivity contribution < 1.29 is 17.9 Å². The molecule has 0 unspecified atom stereocenters. The zero-order chi connectivity index (χ0) is 15.0. The van der Waals surface area contributed by atoms with Gasteiger partial charge in [0.2, 0.25) is 5.88 Å². The highest BCUT2D eigenvalue weighted by molar-refractivity contribution is 7.91. The lowest BCUT2D eigenvalue weighted by Crippen LogP contribution is -2.31. The van der Waals surface area contributed by atoms with E-state index in [1.54, 1.807) is 24.4 Å². The second-order valence-corrected chi connectivity index (χ2v) is 7.35. The Bertz CT molecular complexity index is 783. The van der Waals surface area contributed by atoms with Gasteiger partial charge in [0.05, 0.1) is 17.0 Å². The molecular weight excluding hydrogens is 294 g/mol. The minimum atomic E-state index is -2.96. The number of sulfone groups is 1. The lowest BCUT2D eigenvalue weighted by molar-refractivity contribution is 0.0993. The highest BCUT2D eigenvalue weighted by Crippen LogP contribution is 2.25. The zero-order valence-electron chi connectivity index (χ0n) is 11.2. The average Bonchev–Trinajstić information content (AvgIpc) is 2.79. The summed E-state index contributed by atoms with van der Waals surface area (Å²) in [6.45, 7) is 0. The fourth-order valence-corrected chi connectivity index (χ4v) is 3.88. The molecule has 3 rings (SSSR count). The van der Waals surface area contributed by atoms with Crippen LogP contribution in [0.3, 0.4) is 0 Å². The highest BCUT2D eigenvalue weighted by atomic mass is 32.2. The Kier molecular flexibility index (Phi) is 3.32. The lowest BCUT2D eigenvalue weighted by Gasteiger charge is -2.22. The predicted octanol–water partition coefficient (Wildman–Crippen LogP) is 0.389. The molecule has 7 nitrogen and oxygen atoms in total. The Labute approximate surface area is 121 Å². The molecule has 1 amide bonds. The number of carbonyl (C=O) groups excluding carboxylic acids is 1. The van der Waals surface area contributed by atoms with Crippen LogP contribution in [0.1, 0.15) is 23.2 Å². The molecule has 3 heterocycles. The first kappa shape index (κ1) is 13.9. The maximum Gasteiger partial charge on any atom is 0.256 e. The lowest BCUT2D eigenvalue weighted by atomic mass is 10.2. The summed E-state index contributed by atoms with van der Waals surface area (Å²) in [5.74, 6) is -0.263. The quantitative estimate of drug-likeness (QED) is 0.883. The molecule has 0 radical (unpaired) electrons. The second kappa shape index (κ2) is 5.03. The fraction of sp³-hybridized carbons (Fsp3) is 0.385. The van der Waals surface area contributed by atoms with Crippen molar-refractivity contribution in [2.75, 3.05) is 11.5 Å². The Hall–Kier alpha value is -2.09. The normalized spacial score (nSPS) is 18.7. The molecule has 0 saturated carbocycles. The molecule has 0 atom stereocenters. The van der Waals surface area contributed by atoms with Crippen LogP contribution >= 0.6 is 0 Å². The standard InChI is InChI=1S/C13H15N3O4S/c14-12(17)11-10-3-1-2-6-16(10)15-13(11)20-9-4-7-21(18,19)8-5-9/h1-3,6,9H,4-5,7-8H2,(H2,14,17). The van der Waals surface area contributed by atoms with E-state index in [9.17, 15) is 13.2 Å². The molecule has 2 aromatic heterocycles. The van der Waals surface area contributed by atoms with Crippen LogP contribution in [0.15, 0.2) is 24.4 Å². The molecule has 0 bridgehead atoms. The molecule has 0 aromatic carbocycles. The van der Waals surface area contributed by atoms with E-state index in [0.29, 0.717) is 18.4 Å². The number of primary amides is 1. The van der Waals surface area contributed by atoms with E-state index < -0.39 is 15.7 Å². The molecule has 8 heteroatoms. The van der Waals surface area contributed by atoms with E-state index in [0.717, 1.165) is 0 Å². The van der Waals surface area contributed by atoms with Crippen LogP contribution in [0.2, 0.25) is 0 Å². The van der Waals surface area contributed by atoms with Crippen LogP contribution in [-0.2, 0) is 9.84 Å². The number of nitrogens with zero attached hydrogens (tertiary/aromatic N) is 2. The van der Waals surface area contributed by atoms with E-state index in [-0.39, 0.29) is 29.1 Å². The van der Waals surface area contributed by atoms with Crippen molar-refractivity contribution in [2.24, 2.45) is 5.73 Å². The van der Waals surface area contributed by atoms with Crippen molar-refractivity contribution in [2.45, 2.75) is 18.9 Å². The predicted molar refractivity (Wildman–Crippen MR) is 76.0 cm³/mol. The molecule has 1 fully saturated rings. The van der Waals surface area contributed by atoms with E-state index in [2.05, 4.69) is 5.10 Å². The van der Waals surface area contributed by atoms with Crippen molar-refractivity contribution in [1.29, 1.82) is 0 Å². The maximum atomic E-state index is 11.6. The van der Waals surface area contributed by atoms with E-state index in [1.165, 1.54) is 4.52 Å². The maximum absolute atomic E-state index is 11.6. The third-order valence-electron chi connectivity index (χ3n) is 3.53. The number of pyridine rings is 1. The first-order valence-corrected chi connectivity index (χ1v) is 8.43. The minimum absolute atomic E-state index is 0.0942. The molecule has 112 valence electrons. The Morgan fingerprint density at radius 3 is 2.71 bits per heavy atom. The monoisotopic (exact) mass is 309 g/mol. The van der Waals surface area contributed by atoms with Gasteiger partial charge in [0.1, 0.15) is 11.7 Å². The van der Waals surface area contributed by atoms with Gasteiger partial charge in [-0.05, 0) is 25.0 Å². The van der Waals surface area contributed by atoms with E-state index >= 15 is 0 Å². The Balaban J connectivity index is 1.90. The van der Waals surface area contributed by atoms with Crippen molar-refractivity contribution in [3.05, 3.63) is 30.0 Å². The summed E-state index contributed by atoms with van der Waals surface area (Å²) >= 11 is 0. The van der Waals surface area contributed by atoms with Gasteiger partial charge in [0, 0.05) is 6.20 Å². The summed E-state index contributed by atoms with van der Waals surface area (Å²) < 4.78 is 30.1. The van der Waals surface area contributed by atoms with Crippen LogP contribution in [0, 0.1) is 0 Å². The SMILES string of the molecule is NC(=O)c1c(OC2CCS(=O)(=O)CC2)nn2ccccc12. The van der Waals surface area contributed by atoms with Crippen LogP contribution in [0.4, 0.5) is 0 Å². The summed E-state index contributed by atoms with van der Waals surface area (Å²) in [6, 6.07) is 5.29. The minimum Gasteiger partial charge on any atom is -0.473 e. The Morgan fingerprint density at radius 1 is 1.33 bits per heavy atom. The summed E-state index contributed by atoms with van der Waals surface area (Å²) in [5.41, 5.74) is 6.20. The number of fused-ring (bicyclic) bond motifs is 1. The Morgan fingerprint density at radius 2 is 2.05 bits per heavy atom. The van der Waals surface area contributed by atoms with Crippen LogP contribution < -0.4 is 10.5 Å². The third-order valence-corrected chi connectivity index (χ3v) is 5.25. The van der Waals surface area contributed by atoms with Crippen molar-refractivity contribution in [3.8, 4) is 5.88 Å². The van der Waals surface area contributed by atoms with Crippen molar-refractivity contribution in [3.63, 3.8) is 0 Å². The molecular formula is C13H15N3O4S. The van der Waals surface area contributed by atoms with Crippen molar-refractivity contribution in [1.82, 2.24) is 9.61 Å². The summed E-state index contributed by atoms with van der Waals surface area (Å²) in [5, 5.41) is 4.21. The zero-order valence-corrected chi connectivity index (χ0v) is 12.0. The topological polar surface area (TPSA) is 104 Å². The molecule has 0 aliphatic carbocycles. The number of hydrogen-bond acceptors (Lipinski definition) is 5. The largest absolute Gasteiger partial charge is 0.473 e. The fourth-order valence-electron chi connectivity index (χ4n) is 2.44. The van der Waals surface area contributed by atoms with Gasteiger partial charge in [-0.3, -0.25) is 4.79 Å². The van der Waals surface area contributed by atoms with Crippen LogP contribution in [-0.4, -0.2) is 41.5 Å². The van der Waals surface area contributed by atoms with Gasteiger partial charge in [0.15, 0.2) is 9.84 Å². The molecule has 2 N–H and O–H groups in total. The first-order valence-electron chi connectivity index (χ1n) is 6.60. The number of nitrogens with two attached hydrogens (primary N) is 1. The highest BCUT2D eigenvalue weighted by Gasteiger charge is 2.27. The number of carbonyl (C=O) groups is 1. The summed E-state index contributed by atoms with van der Waals surface area (Å²) in [7, 11) is -2.96. The van der Waals surface area contributed by atoms with E-state index in [1.807, 2.05) is 0 Å². The molecule has 1 aliphatic rings. The molecule has 21 heavy (non-hydrogen) atoms. The number of amides is 1. The van der Waals surface area contributed by atoms with Gasteiger partial charge in [-0.15, -0.1) is 5.10 Å². The van der Waals surface area contributed by atoms with Crippen LogP contribution in [0.5, 0.6) is 5.88 Å². The first-order chi connectivity index (χ1) is 9.96. The number of rotatable bonds is 3. The van der Waals surface area contributed by atoms with Crippen molar-refractivity contribution >= 4 is 21.3 Å². The average molecular weight is 309 g/mol. The molecule has 2 aromatic rings. The number of ether oxygens (including phenoxy) is 1. The summed E-state index contributed by atoms with van der Waals surface area (Å²) in [4.78, 5) is 11.6. The molecule has 0 spiro atoms. The molecule has 1 aliphatic heterocycles. The number of hydrogen-bond donors (Lipinski definition) is 1. The van der Waals surface area contributed by atoms with Gasteiger partial charge in [0.25, 0.3) is 5.91 Å². The van der Waals surface area contributed by atoms with Gasteiger partial charge >= 0.3 is 0 Å². The van der Waals surface area contributed by atoms with Gasteiger partial charge in [-0.2, -0.15) is 0 Å². The molecule has 1 saturated heterocycles. The van der Waals surface area contributed by atoms with E-state index in [4.69, 9.17) is 10.5 Å².